The van der Waals surface area contributed by atoms with E-state index in [0.717, 1.165) is 25.9 Å². The molecule has 24 heavy (non-hydrogen) atoms. The summed E-state index contributed by atoms with van der Waals surface area (Å²) >= 11 is 0. The van der Waals surface area contributed by atoms with E-state index in [4.69, 9.17) is 0 Å². The molecule has 2 aliphatic heterocycles. The Hall–Kier alpha value is -0.980. The predicted octanol–water partition coefficient (Wildman–Crippen LogP) is 3.16. The molecule has 0 N–H and O–H groups in total. The number of likely N-dealkylation sites (tertiary alicyclic amines) is 1. The number of benzene rings is 1. The first-order valence-corrected chi connectivity index (χ1v) is 10.4. The van der Waals surface area contributed by atoms with Crippen LogP contribution in [-0.4, -0.2) is 49.8 Å². The molecule has 4 nitrogen and oxygen atoms in total. The monoisotopic (exact) mass is 354 g/mol. The predicted molar refractivity (Wildman–Crippen MR) is 93.0 cm³/mol. The molecule has 0 unspecified atom stereocenters. The van der Waals surface area contributed by atoms with Crippen LogP contribution in [-0.2, 0) is 10.0 Å². The molecule has 0 aliphatic carbocycles. The summed E-state index contributed by atoms with van der Waals surface area (Å²) in [6, 6.07) is 4.56. The van der Waals surface area contributed by atoms with E-state index in [1.54, 1.807) is 11.2 Å². The highest BCUT2D eigenvalue weighted by molar-refractivity contribution is 7.89. The van der Waals surface area contributed by atoms with Gasteiger partial charge in [-0.05, 0) is 69.5 Å². The summed E-state index contributed by atoms with van der Waals surface area (Å²) in [5.41, 5.74) is 0.371. The van der Waals surface area contributed by atoms with Crippen molar-refractivity contribution < 1.29 is 12.8 Å². The van der Waals surface area contributed by atoms with Crippen molar-refractivity contribution in [3.05, 3.63) is 29.6 Å². The molecule has 0 aromatic heterocycles. The van der Waals surface area contributed by atoms with Crippen LogP contribution in [0.4, 0.5) is 4.39 Å². The zero-order chi connectivity index (χ0) is 17.2. The third-order valence-electron chi connectivity index (χ3n) is 5.35. The van der Waals surface area contributed by atoms with Gasteiger partial charge in [0.05, 0.1) is 4.90 Å². The maximum atomic E-state index is 13.4. The van der Waals surface area contributed by atoms with Crippen LogP contribution in [0.15, 0.2) is 23.1 Å². The number of aryl methyl sites for hydroxylation is 1. The molecule has 1 aromatic carbocycles. The van der Waals surface area contributed by atoms with Crippen LogP contribution in [0.25, 0.3) is 0 Å². The van der Waals surface area contributed by atoms with Crippen molar-refractivity contribution in [1.29, 1.82) is 0 Å². The summed E-state index contributed by atoms with van der Waals surface area (Å²) in [4.78, 5) is 2.76. The molecular weight excluding hydrogens is 327 g/mol. The van der Waals surface area contributed by atoms with Gasteiger partial charge in [0, 0.05) is 19.1 Å². The molecule has 0 bridgehead atoms. The first-order chi connectivity index (χ1) is 11.5. The van der Waals surface area contributed by atoms with Gasteiger partial charge in [0.1, 0.15) is 5.82 Å². The van der Waals surface area contributed by atoms with E-state index in [0.29, 0.717) is 24.7 Å². The first kappa shape index (κ1) is 17.8. The Balaban J connectivity index is 1.65. The van der Waals surface area contributed by atoms with Gasteiger partial charge in [0.25, 0.3) is 0 Å². The number of rotatable bonds is 3. The Morgan fingerprint density at radius 3 is 2.21 bits per heavy atom. The Morgan fingerprint density at radius 1 is 1.00 bits per heavy atom. The average Bonchev–Trinajstić information content (AvgIpc) is 2.86. The lowest BCUT2D eigenvalue weighted by molar-refractivity contribution is 0.144. The van der Waals surface area contributed by atoms with E-state index in [1.165, 1.54) is 43.9 Å². The molecule has 2 heterocycles. The van der Waals surface area contributed by atoms with Crippen molar-refractivity contribution in [2.75, 3.05) is 26.2 Å². The fraction of sp³-hybridized carbons (Fsp3) is 0.667. The Morgan fingerprint density at radius 2 is 1.62 bits per heavy atom. The standard InChI is InChI=1S/C18H27FN2O2S/c1-15-14-17(6-7-18(15)19)24(22,23)21-12-8-16(9-13-21)20-10-4-2-3-5-11-20/h6-7,14,16H,2-5,8-13H2,1H3. The van der Waals surface area contributed by atoms with Crippen molar-refractivity contribution >= 4 is 10.0 Å². The van der Waals surface area contributed by atoms with Gasteiger partial charge in [-0.1, -0.05) is 12.8 Å². The van der Waals surface area contributed by atoms with Crippen LogP contribution in [0, 0.1) is 12.7 Å². The largest absolute Gasteiger partial charge is 0.300 e. The molecule has 2 saturated heterocycles. The number of sulfonamides is 1. The van der Waals surface area contributed by atoms with E-state index < -0.39 is 10.0 Å². The summed E-state index contributed by atoms with van der Waals surface area (Å²) in [6.45, 7) is 5.00. The zero-order valence-electron chi connectivity index (χ0n) is 14.4. The number of piperidine rings is 1. The number of hydrogen-bond donors (Lipinski definition) is 0. The van der Waals surface area contributed by atoms with Crippen LogP contribution in [0.5, 0.6) is 0 Å². The van der Waals surface area contributed by atoms with Crippen LogP contribution in [0.2, 0.25) is 0 Å². The van der Waals surface area contributed by atoms with Gasteiger partial charge in [-0.15, -0.1) is 0 Å². The third kappa shape index (κ3) is 3.81. The molecule has 0 amide bonds. The molecule has 0 radical (unpaired) electrons. The minimum absolute atomic E-state index is 0.203. The van der Waals surface area contributed by atoms with Crippen LogP contribution >= 0.6 is 0 Å². The van der Waals surface area contributed by atoms with Gasteiger partial charge >= 0.3 is 0 Å². The van der Waals surface area contributed by atoms with Gasteiger partial charge in [-0.3, -0.25) is 0 Å². The van der Waals surface area contributed by atoms with Gasteiger partial charge < -0.3 is 4.90 Å². The van der Waals surface area contributed by atoms with Gasteiger partial charge in [0.2, 0.25) is 10.0 Å². The summed E-state index contributed by atoms with van der Waals surface area (Å²) in [5.74, 6) is -0.367. The summed E-state index contributed by atoms with van der Waals surface area (Å²) in [6.07, 6.45) is 6.92. The quantitative estimate of drug-likeness (QED) is 0.837. The molecule has 134 valence electrons. The molecule has 0 spiro atoms. The highest BCUT2D eigenvalue weighted by atomic mass is 32.2. The van der Waals surface area contributed by atoms with Crippen LogP contribution in [0.3, 0.4) is 0 Å². The average molecular weight is 354 g/mol. The molecule has 6 heteroatoms. The second-order valence-electron chi connectivity index (χ2n) is 7.00. The normalized spacial score (nSPS) is 22.4. The number of hydrogen-bond acceptors (Lipinski definition) is 3. The smallest absolute Gasteiger partial charge is 0.243 e. The maximum absolute atomic E-state index is 13.4. The van der Waals surface area contributed by atoms with Crippen molar-refractivity contribution in [1.82, 2.24) is 9.21 Å². The van der Waals surface area contributed by atoms with Crippen LogP contribution in [0.1, 0.15) is 44.1 Å². The van der Waals surface area contributed by atoms with Gasteiger partial charge in [-0.25, -0.2) is 12.8 Å². The lowest BCUT2D eigenvalue weighted by atomic mass is 10.0. The van der Waals surface area contributed by atoms with E-state index in [2.05, 4.69) is 4.90 Å². The topological polar surface area (TPSA) is 40.6 Å². The minimum atomic E-state index is -3.51. The van der Waals surface area contributed by atoms with E-state index in [-0.39, 0.29) is 10.7 Å². The highest BCUT2D eigenvalue weighted by Gasteiger charge is 2.31. The Labute approximate surface area is 144 Å². The lowest BCUT2D eigenvalue weighted by Gasteiger charge is -2.37. The van der Waals surface area contributed by atoms with E-state index >= 15 is 0 Å². The van der Waals surface area contributed by atoms with Crippen molar-refractivity contribution in [2.24, 2.45) is 0 Å². The Kier molecular flexibility index (Phi) is 5.57. The summed E-state index contributed by atoms with van der Waals surface area (Å²) in [7, 11) is -3.51. The molecule has 2 fully saturated rings. The second-order valence-corrected chi connectivity index (χ2v) is 8.93. The Bertz CT molecular complexity index is 662. The van der Waals surface area contributed by atoms with Gasteiger partial charge in [-0.2, -0.15) is 4.31 Å². The van der Waals surface area contributed by atoms with Crippen molar-refractivity contribution in [2.45, 2.75) is 56.4 Å². The summed E-state index contributed by atoms with van der Waals surface area (Å²) in [5, 5.41) is 0. The van der Waals surface area contributed by atoms with Gasteiger partial charge in [0.15, 0.2) is 0 Å². The van der Waals surface area contributed by atoms with Crippen LogP contribution < -0.4 is 0 Å². The molecule has 2 aliphatic rings. The van der Waals surface area contributed by atoms with Crippen molar-refractivity contribution in [3.8, 4) is 0 Å². The third-order valence-corrected chi connectivity index (χ3v) is 7.24. The molecule has 3 rings (SSSR count). The number of nitrogens with zero attached hydrogens (tertiary/aromatic N) is 2. The van der Waals surface area contributed by atoms with Crippen molar-refractivity contribution in [3.63, 3.8) is 0 Å². The molecule has 0 saturated carbocycles. The highest BCUT2D eigenvalue weighted by Crippen LogP contribution is 2.25. The zero-order valence-corrected chi connectivity index (χ0v) is 15.2. The maximum Gasteiger partial charge on any atom is 0.243 e. The molecule has 1 aromatic rings. The summed E-state index contributed by atoms with van der Waals surface area (Å²) < 4.78 is 40.5. The lowest BCUT2D eigenvalue weighted by Crippen LogP contribution is -2.47. The SMILES string of the molecule is Cc1cc(S(=O)(=O)N2CCC(N3CCCCCC3)CC2)ccc1F. The second kappa shape index (κ2) is 7.50. The fourth-order valence-corrected chi connectivity index (χ4v) is 5.39. The minimum Gasteiger partial charge on any atom is -0.300 e. The van der Waals surface area contributed by atoms with E-state index in [1.807, 2.05) is 0 Å². The van der Waals surface area contributed by atoms with E-state index in [9.17, 15) is 12.8 Å². The fourth-order valence-electron chi connectivity index (χ4n) is 3.83. The molecule has 0 atom stereocenters. The first-order valence-electron chi connectivity index (χ1n) is 8.99. The number of halogens is 1. The molecular formula is C18H27FN2O2S.